The second-order valence-electron chi connectivity index (χ2n) is 5.08. The van der Waals surface area contributed by atoms with Gasteiger partial charge in [-0.05, 0) is 46.9 Å². The highest BCUT2D eigenvalue weighted by atomic mass is 16.3. The third-order valence-corrected chi connectivity index (χ3v) is 4.01. The maximum Gasteiger partial charge on any atom is 0.134 e. The molecular weight excluding hydrogens is 234 g/mol. The molecule has 0 aliphatic heterocycles. The second-order valence-corrected chi connectivity index (χ2v) is 5.08. The van der Waals surface area contributed by atoms with E-state index in [9.17, 15) is 0 Å². The average molecular weight is 249 g/mol. The van der Waals surface area contributed by atoms with Crippen molar-refractivity contribution >= 4 is 10.8 Å². The van der Waals surface area contributed by atoms with Gasteiger partial charge in [-0.1, -0.05) is 30.3 Å². The van der Waals surface area contributed by atoms with Crippen molar-refractivity contribution in [3.63, 3.8) is 0 Å². The number of aryl methyl sites for hydroxylation is 2. The van der Waals surface area contributed by atoms with Gasteiger partial charge in [-0.25, -0.2) is 0 Å². The molecule has 0 unspecified atom stereocenters. The van der Waals surface area contributed by atoms with Gasteiger partial charge in [0.25, 0.3) is 0 Å². The van der Waals surface area contributed by atoms with Crippen LogP contribution in [-0.2, 0) is 19.4 Å². The molecule has 2 nitrogen and oxygen atoms in total. The minimum atomic E-state index is 0.446. The lowest BCUT2D eigenvalue weighted by atomic mass is 9.99. The first-order valence-electron chi connectivity index (χ1n) is 6.69. The van der Waals surface area contributed by atoms with Crippen LogP contribution in [0.1, 0.15) is 16.9 Å². The van der Waals surface area contributed by atoms with Crippen LogP contribution in [0.3, 0.4) is 0 Å². The molecule has 1 aromatic heterocycles. The van der Waals surface area contributed by atoms with Crippen LogP contribution in [-0.4, -0.2) is 0 Å². The number of benzene rings is 2. The zero-order valence-corrected chi connectivity index (χ0v) is 10.6. The summed E-state index contributed by atoms with van der Waals surface area (Å²) in [6.07, 6.45) is 2.31. The molecule has 0 fully saturated rings. The Balaban J connectivity index is 2.01. The number of hydrogen-bond acceptors (Lipinski definition) is 2. The summed E-state index contributed by atoms with van der Waals surface area (Å²) in [7, 11) is 0. The molecule has 0 atom stereocenters. The molecule has 0 saturated carbocycles. The van der Waals surface area contributed by atoms with E-state index in [2.05, 4.69) is 30.3 Å². The highest BCUT2D eigenvalue weighted by molar-refractivity contribution is 6.00. The van der Waals surface area contributed by atoms with E-state index in [0.29, 0.717) is 6.54 Å². The summed E-state index contributed by atoms with van der Waals surface area (Å²) >= 11 is 0. The summed E-state index contributed by atoms with van der Waals surface area (Å²) in [5, 5.41) is 2.72. The quantitative estimate of drug-likeness (QED) is 0.752. The molecule has 2 N–H and O–H groups in total. The van der Waals surface area contributed by atoms with Gasteiger partial charge < -0.3 is 10.2 Å². The van der Waals surface area contributed by atoms with E-state index in [1.165, 1.54) is 27.5 Å². The second kappa shape index (κ2) is 3.97. The highest BCUT2D eigenvalue weighted by Crippen LogP contribution is 2.37. The summed E-state index contributed by atoms with van der Waals surface area (Å²) in [6.45, 7) is 0.446. The summed E-state index contributed by atoms with van der Waals surface area (Å²) < 4.78 is 5.80. The van der Waals surface area contributed by atoms with Crippen molar-refractivity contribution < 1.29 is 4.42 Å². The van der Waals surface area contributed by atoms with Crippen LogP contribution in [0.4, 0.5) is 0 Å². The molecule has 1 aliphatic rings. The smallest absolute Gasteiger partial charge is 0.134 e. The Morgan fingerprint density at radius 3 is 2.58 bits per heavy atom. The molecule has 0 bridgehead atoms. The van der Waals surface area contributed by atoms with Gasteiger partial charge >= 0.3 is 0 Å². The molecular formula is C17H15NO. The molecule has 2 heteroatoms. The van der Waals surface area contributed by atoms with Crippen molar-refractivity contribution in [3.05, 3.63) is 59.4 Å². The van der Waals surface area contributed by atoms with E-state index in [-0.39, 0.29) is 0 Å². The fourth-order valence-electron chi connectivity index (χ4n) is 3.09. The molecule has 0 radical (unpaired) electrons. The molecule has 19 heavy (non-hydrogen) atoms. The van der Waals surface area contributed by atoms with Crippen LogP contribution in [0, 0.1) is 0 Å². The molecule has 0 amide bonds. The Morgan fingerprint density at radius 1 is 0.947 bits per heavy atom. The van der Waals surface area contributed by atoms with Crippen molar-refractivity contribution in [1.82, 2.24) is 0 Å². The average Bonchev–Trinajstić information content (AvgIpc) is 3.08. The SMILES string of the molecule is NCc1ccc(-c2ccc3c4c(cccc24)CC3)o1. The Morgan fingerprint density at radius 2 is 1.79 bits per heavy atom. The fourth-order valence-corrected chi connectivity index (χ4v) is 3.09. The van der Waals surface area contributed by atoms with Gasteiger partial charge in [0.05, 0.1) is 6.54 Å². The van der Waals surface area contributed by atoms with Crippen LogP contribution < -0.4 is 5.73 Å². The Kier molecular flexibility index (Phi) is 2.26. The Labute approximate surface area is 111 Å². The minimum absolute atomic E-state index is 0.446. The van der Waals surface area contributed by atoms with Crippen molar-refractivity contribution in [1.29, 1.82) is 0 Å². The normalized spacial score (nSPS) is 13.3. The maximum absolute atomic E-state index is 5.80. The van der Waals surface area contributed by atoms with E-state index in [1.807, 2.05) is 12.1 Å². The standard InChI is InChI=1S/C17H15NO/c18-10-13-7-9-16(19-13)14-8-6-12-5-4-11-2-1-3-15(14)17(11)12/h1-3,6-9H,4-5,10,18H2. The van der Waals surface area contributed by atoms with Crippen molar-refractivity contribution in [2.75, 3.05) is 0 Å². The first-order valence-corrected chi connectivity index (χ1v) is 6.69. The summed E-state index contributed by atoms with van der Waals surface area (Å²) in [4.78, 5) is 0. The zero-order chi connectivity index (χ0) is 12.8. The molecule has 4 rings (SSSR count). The molecule has 1 aliphatic carbocycles. The van der Waals surface area contributed by atoms with Gasteiger partial charge in [-0.2, -0.15) is 0 Å². The molecule has 94 valence electrons. The molecule has 3 aromatic rings. The van der Waals surface area contributed by atoms with E-state index in [4.69, 9.17) is 10.2 Å². The number of hydrogen-bond donors (Lipinski definition) is 1. The van der Waals surface area contributed by atoms with E-state index in [1.54, 1.807) is 0 Å². The van der Waals surface area contributed by atoms with Gasteiger partial charge in [-0.3, -0.25) is 0 Å². The van der Waals surface area contributed by atoms with Crippen molar-refractivity contribution in [2.24, 2.45) is 5.73 Å². The minimum Gasteiger partial charge on any atom is -0.460 e. The molecule has 0 saturated heterocycles. The highest BCUT2D eigenvalue weighted by Gasteiger charge is 2.17. The lowest BCUT2D eigenvalue weighted by Crippen LogP contribution is -1.92. The largest absolute Gasteiger partial charge is 0.460 e. The molecule has 0 spiro atoms. The number of rotatable bonds is 2. The third-order valence-electron chi connectivity index (χ3n) is 4.01. The predicted molar refractivity (Wildman–Crippen MR) is 76.9 cm³/mol. The van der Waals surface area contributed by atoms with Crippen molar-refractivity contribution in [2.45, 2.75) is 19.4 Å². The van der Waals surface area contributed by atoms with Gasteiger partial charge in [0, 0.05) is 5.56 Å². The van der Waals surface area contributed by atoms with Gasteiger partial charge in [-0.15, -0.1) is 0 Å². The number of nitrogens with two attached hydrogens (primary N) is 1. The van der Waals surface area contributed by atoms with E-state index >= 15 is 0 Å². The Hall–Kier alpha value is -2.06. The van der Waals surface area contributed by atoms with E-state index < -0.39 is 0 Å². The molecule has 2 aromatic carbocycles. The van der Waals surface area contributed by atoms with Crippen LogP contribution >= 0.6 is 0 Å². The summed E-state index contributed by atoms with van der Waals surface area (Å²) in [6, 6.07) is 14.9. The number of furan rings is 1. The van der Waals surface area contributed by atoms with Crippen LogP contribution in [0.5, 0.6) is 0 Å². The molecule has 1 heterocycles. The lowest BCUT2D eigenvalue weighted by Gasteiger charge is -2.07. The Bertz CT molecular complexity index is 760. The summed E-state index contributed by atoms with van der Waals surface area (Å²) in [5.41, 5.74) is 9.70. The first kappa shape index (κ1) is 10.8. The van der Waals surface area contributed by atoms with Gasteiger partial charge in [0.2, 0.25) is 0 Å². The lowest BCUT2D eigenvalue weighted by molar-refractivity contribution is 0.526. The third kappa shape index (κ3) is 1.53. The maximum atomic E-state index is 5.80. The van der Waals surface area contributed by atoms with Gasteiger partial charge in [0.15, 0.2) is 0 Å². The van der Waals surface area contributed by atoms with Crippen LogP contribution in [0.25, 0.3) is 22.1 Å². The fraction of sp³-hybridized carbons (Fsp3) is 0.176. The summed E-state index contributed by atoms with van der Waals surface area (Å²) in [5.74, 6) is 1.74. The van der Waals surface area contributed by atoms with Crippen LogP contribution in [0.2, 0.25) is 0 Å². The van der Waals surface area contributed by atoms with E-state index in [0.717, 1.165) is 24.4 Å². The van der Waals surface area contributed by atoms with Gasteiger partial charge in [0.1, 0.15) is 11.5 Å². The van der Waals surface area contributed by atoms with Crippen LogP contribution in [0.15, 0.2) is 46.9 Å². The monoisotopic (exact) mass is 249 g/mol. The zero-order valence-electron chi connectivity index (χ0n) is 10.6. The topological polar surface area (TPSA) is 39.2 Å². The first-order chi connectivity index (χ1) is 9.36. The van der Waals surface area contributed by atoms with Crippen molar-refractivity contribution in [3.8, 4) is 11.3 Å². The predicted octanol–water partition coefficient (Wildman–Crippen LogP) is 3.66.